The average molecular weight is 560 g/mol. The second-order valence-corrected chi connectivity index (χ2v) is 10.1. The maximum absolute atomic E-state index is 15.0. The summed E-state index contributed by atoms with van der Waals surface area (Å²) in [5, 5.41) is 9.33. The molecule has 2 aromatic heterocycles. The van der Waals surface area contributed by atoms with Crippen molar-refractivity contribution in [2.75, 3.05) is 53.6 Å². The van der Waals surface area contributed by atoms with E-state index in [0.29, 0.717) is 49.1 Å². The highest BCUT2D eigenvalue weighted by Gasteiger charge is 2.32. The third kappa shape index (κ3) is 6.64. The number of anilines is 5. The van der Waals surface area contributed by atoms with E-state index in [-0.39, 0.29) is 6.04 Å². The standard InChI is InChI=1S/C27H33F4N9/c1-3-32-24-17(2)25(40-12-8-22-23(9-13-40)34-16-33-22)38-26(37-24)36-19-4-5-21(20(28)14-19)35-18-6-10-39(11-7-18)15-27(29,30)31/h3-5,14,16,18,35H,1,6-13,15H2,2H3,(H,33,34)(H2,32,36,37,38). The first-order valence-corrected chi connectivity index (χ1v) is 13.3. The molecule has 0 spiro atoms. The van der Waals surface area contributed by atoms with Crippen molar-refractivity contribution in [3.05, 3.63) is 60.1 Å². The molecule has 0 radical (unpaired) electrons. The molecule has 4 N–H and O–H groups in total. The first kappa shape index (κ1) is 27.7. The lowest BCUT2D eigenvalue weighted by molar-refractivity contribution is -0.147. The van der Waals surface area contributed by atoms with Crippen LogP contribution < -0.4 is 20.9 Å². The molecule has 13 heteroatoms. The quantitative estimate of drug-likeness (QED) is 0.287. The Morgan fingerprint density at radius 2 is 1.90 bits per heavy atom. The lowest BCUT2D eigenvalue weighted by atomic mass is 10.0. The number of hydrogen-bond acceptors (Lipinski definition) is 8. The number of H-pyrrole nitrogens is 1. The molecule has 0 bridgehead atoms. The molecule has 4 heterocycles. The first-order valence-electron chi connectivity index (χ1n) is 13.3. The van der Waals surface area contributed by atoms with Crippen molar-refractivity contribution in [2.24, 2.45) is 0 Å². The fourth-order valence-electron chi connectivity index (χ4n) is 5.25. The topological polar surface area (TPSA) is 97.0 Å². The highest BCUT2D eigenvalue weighted by molar-refractivity contribution is 5.66. The minimum atomic E-state index is -4.21. The number of nitrogens with one attached hydrogen (secondary N) is 4. The van der Waals surface area contributed by atoms with Crippen LogP contribution in [0.25, 0.3) is 0 Å². The van der Waals surface area contributed by atoms with Crippen molar-refractivity contribution in [3.63, 3.8) is 0 Å². The number of aromatic amines is 1. The molecule has 0 atom stereocenters. The van der Waals surface area contributed by atoms with E-state index in [2.05, 4.69) is 42.4 Å². The summed E-state index contributed by atoms with van der Waals surface area (Å²) >= 11 is 0. The number of aromatic nitrogens is 4. The van der Waals surface area contributed by atoms with E-state index in [1.807, 2.05) is 6.92 Å². The molecule has 1 saturated heterocycles. The van der Waals surface area contributed by atoms with E-state index in [1.54, 1.807) is 24.7 Å². The minimum Gasteiger partial charge on any atom is -0.380 e. The van der Waals surface area contributed by atoms with Crippen LogP contribution in [0.3, 0.4) is 0 Å². The van der Waals surface area contributed by atoms with E-state index >= 15 is 4.39 Å². The molecule has 0 amide bonds. The second-order valence-electron chi connectivity index (χ2n) is 10.1. The normalized spacial score (nSPS) is 16.8. The summed E-state index contributed by atoms with van der Waals surface area (Å²) in [5.74, 6) is 1.20. The number of nitrogens with zero attached hydrogens (tertiary/aromatic N) is 5. The van der Waals surface area contributed by atoms with E-state index in [4.69, 9.17) is 4.98 Å². The minimum absolute atomic E-state index is 0.0984. The number of fused-ring (bicyclic) bond motifs is 1. The highest BCUT2D eigenvalue weighted by atomic mass is 19.4. The number of rotatable bonds is 8. The second kappa shape index (κ2) is 11.7. The molecular formula is C27H33F4N9. The van der Waals surface area contributed by atoms with Crippen LogP contribution in [0.4, 0.5) is 46.5 Å². The first-order chi connectivity index (χ1) is 19.2. The smallest absolute Gasteiger partial charge is 0.380 e. The Bertz CT molecular complexity index is 1310. The fourth-order valence-corrected chi connectivity index (χ4v) is 5.25. The van der Waals surface area contributed by atoms with Gasteiger partial charge in [-0.05, 0) is 44.2 Å². The summed E-state index contributed by atoms with van der Waals surface area (Å²) in [6.45, 7) is 6.90. The summed E-state index contributed by atoms with van der Waals surface area (Å²) < 4.78 is 53.0. The molecule has 214 valence electrons. The molecule has 1 aromatic carbocycles. The number of halogens is 4. The van der Waals surface area contributed by atoms with Gasteiger partial charge in [0.15, 0.2) is 0 Å². The zero-order chi connectivity index (χ0) is 28.3. The maximum atomic E-state index is 15.0. The van der Waals surface area contributed by atoms with Gasteiger partial charge in [0.1, 0.15) is 17.5 Å². The van der Waals surface area contributed by atoms with Crippen LogP contribution in [-0.4, -0.2) is 69.8 Å². The van der Waals surface area contributed by atoms with Crippen LogP contribution in [0.2, 0.25) is 0 Å². The Labute approximate surface area is 230 Å². The SMILES string of the molecule is C=CNc1nc(Nc2ccc(NC3CCN(CC(F)(F)F)CC3)c(F)c2)nc(N2CCc3nc[nH]c3CC2)c1C. The van der Waals surface area contributed by atoms with Crippen LogP contribution in [0, 0.1) is 12.7 Å². The van der Waals surface area contributed by atoms with Crippen molar-refractivity contribution >= 4 is 29.0 Å². The predicted molar refractivity (Wildman–Crippen MR) is 148 cm³/mol. The van der Waals surface area contributed by atoms with Gasteiger partial charge in [-0.1, -0.05) is 6.58 Å². The van der Waals surface area contributed by atoms with E-state index in [1.165, 1.54) is 11.0 Å². The number of hydrogen-bond donors (Lipinski definition) is 4. The van der Waals surface area contributed by atoms with E-state index in [9.17, 15) is 13.2 Å². The van der Waals surface area contributed by atoms with Gasteiger partial charge in [0.25, 0.3) is 0 Å². The molecule has 0 unspecified atom stereocenters. The summed E-state index contributed by atoms with van der Waals surface area (Å²) in [4.78, 5) is 20.6. The van der Waals surface area contributed by atoms with Crippen LogP contribution >= 0.6 is 0 Å². The number of alkyl halides is 3. The van der Waals surface area contributed by atoms with Crippen molar-refractivity contribution < 1.29 is 17.6 Å². The molecule has 2 aliphatic heterocycles. The molecular weight excluding hydrogens is 526 g/mol. The van der Waals surface area contributed by atoms with Gasteiger partial charge in [0, 0.05) is 62.0 Å². The van der Waals surface area contributed by atoms with Gasteiger partial charge in [-0.25, -0.2) is 9.37 Å². The maximum Gasteiger partial charge on any atom is 0.401 e. The number of piperidine rings is 1. The molecule has 0 aliphatic carbocycles. The Morgan fingerprint density at radius 1 is 1.12 bits per heavy atom. The highest BCUT2D eigenvalue weighted by Crippen LogP contribution is 2.30. The molecule has 5 rings (SSSR count). The predicted octanol–water partition coefficient (Wildman–Crippen LogP) is 4.99. The zero-order valence-corrected chi connectivity index (χ0v) is 22.3. The largest absolute Gasteiger partial charge is 0.401 e. The third-order valence-corrected chi connectivity index (χ3v) is 7.29. The Morgan fingerprint density at radius 3 is 2.62 bits per heavy atom. The van der Waals surface area contributed by atoms with Gasteiger partial charge in [0.05, 0.1) is 24.3 Å². The lowest BCUT2D eigenvalue weighted by Gasteiger charge is -2.33. The van der Waals surface area contributed by atoms with Crippen LogP contribution in [-0.2, 0) is 12.8 Å². The molecule has 9 nitrogen and oxygen atoms in total. The Hall–Kier alpha value is -3.87. The molecule has 0 saturated carbocycles. The zero-order valence-electron chi connectivity index (χ0n) is 22.3. The van der Waals surface area contributed by atoms with Crippen LogP contribution in [0.1, 0.15) is 29.8 Å². The van der Waals surface area contributed by atoms with Gasteiger partial charge in [0.2, 0.25) is 5.95 Å². The van der Waals surface area contributed by atoms with Gasteiger partial charge < -0.3 is 25.8 Å². The van der Waals surface area contributed by atoms with Gasteiger partial charge >= 0.3 is 6.18 Å². The van der Waals surface area contributed by atoms with Crippen molar-refractivity contribution in [1.82, 2.24) is 24.8 Å². The lowest BCUT2D eigenvalue weighted by Crippen LogP contribution is -2.43. The van der Waals surface area contributed by atoms with Gasteiger partial charge in [-0.2, -0.15) is 23.1 Å². The van der Waals surface area contributed by atoms with E-state index < -0.39 is 18.5 Å². The van der Waals surface area contributed by atoms with E-state index in [0.717, 1.165) is 48.7 Å². The fraction of sp³-hybridized carbons (Fsp3) is 0.444. The van der Waals surface area contributed by atoms with Crippen LogP contribution in [0.5, 0.6) is 0 Å². The third-order valence-electron chi connectivity index (χ3n) is 7.29. The summed E-state index contributed by atoms with van der Waals surface area (Å²) in [7, 11) is 0. The molecule has 2 aliphatic rings. The van der Waals surface area contributed by atoms with Crippen molar-refractivity contribution in [3.8, 4) is 0 Å². The number of likely N-dealkylation sites (tertiary alicyclic amines) is 1. The molecule has 3 aromatic rings. The summed E-state index contributed by atoms with van der Waals surface area (Å²) in [6, 6.07) is 4.60. The van der Waals surface area contributed by atoms with Crippen molar-refractivity contribution in [1.29, 1.82) is 0 Å². The van der Waals surface area contributed by atoms with Gasteiger partial charge in [-0.3, -0.25) is 4.90 Å². The molecule has 40 heavy (non-hydrogen) atoms. The van der Waals surface area contributed by atoms with Crippen LogP contribution in [0.15, 0.2) is 37.3 Å². The summed E-state index contributed by atoms with van der Waals surface area (Å²) in [5.41, 5.74) is 3.84. The monoisotopic (exact) mass is 559 g/mol. The summed E-state index contributed by atoms with van der Waals surface area (Å²) in [6.07, 6.45) is 1.68. The number of imidazole rings is 1. The Kier molecular flexibility index (Phi) is 8.10. The average Bonchev–Trinajstić information content (AvgIpc) is 3.26. The Balaban J connectivity index is 1.27. The number of benzene rings is 1. The van der Waals surface area contributed by atoms with Gasteiger partial charge in [-0.15, -0.1) is 0 Å². The van der Waals surface area contributed by atoms with Crippen molar-refractivity contribution in [2.45, 2.75) is 44.8 Å². The molecule has 1 fully saturated rings.